The zero-order valence-corrected chi connectivity index (χ0v) is 15.3. The van der Waals surface area contributed by atoms with Gasteiger partial charge in [-0.05, 0) is 31.2 Å². The Kier molecular flexibility index (Phi) is 7.17. The number of nitrogens with one attached hydrogen (secondary N) is 2. The molecule has 0 amide bonds. The number of halogens is 1. The highest BCUT2D eigenvalue weighted by atomic mass is 19.1. The Hall–Kier alpha value is -2.86. The highest BCUT2D eigenvalue weighted by Crippen LogP contribution is 2.33. The van der Waals surface area contributed by atoms with Crippen molar-refractivity contribution in [1.29, 1.82) is 0 Å². The Morgan fingerprint density at radius 2 is 1.88 bits per heavy atom. The van der Waals surface area contributed by atoms with E-state index in [4.69, 9.17) is 9.47 Å². The van der Waals surface area contributed by atoms with Crippen LogP contribution in [-0.2, 0) is 4.74 Å². The summed E-state index contributed by atoms with van der Waals surface area (Å²) >= 11 is 0. The molecule has 2 rings (SSSR count). The predicted octanol–water partition coefficient (Wildman–Crippen LogP) is 4.70. The first-order valence-electron chi connectivity index (χ1n) is 8.27. The molecule has 26 heavy (non-hydrogen) atoms. The van der Waals surface area contributed by atoms with E-state index in [0.717, 1.165) is 11.4 Å². The van der Waals surface area contributed by atoms with Crippen molar-refractivity contribution in [1.82, 2.24) is 0 Å². The summed E-state index contributed by atoms with van der Waals surface area (Å²) < 4.78 is 25.2. The highest BCUT2D eigenvalue weighted by Gasteiger charge is 2.15. The molecule has 138 valence electrons. The van der Waals surface area contributed by atoms with Crippen LogP contribution in [0.3, 0.4) is 0 Å². The lowest BCUT2D eigenvalue weighted by Crippen LogP contribution is -2.06. The van der Waals surface area contributed by atoms with E-state index < -0.39 is 5.82 Å². The van der Waals surface area contributed by atoms with E-state index in [0.29, 0.717) is 35.9 Å². The Morgan fingerprint density at radius 3 is 2.50 bits per heavy atom. The molecule has 0 unspecified atom stereocenters. The molecular formula is C20H24FN3O2. The molecule has 0 fully saturated rings. The van der Waals surface area contributed by atoms with E-state index in [9.17, 15) is 4.39 Å². The van der Waals surface area contributed by atoms with Crippen LogP contribution in [0, 0.1) is 5.82 Å². The second-order valence-corrected chi connectivity index (χ2v) is 5.46. The number of rotatable bonds is 9. The minimum absolute atomic E-state index is 0.305. The number of benzene rings is 2. The minimum atomic E-state index is -0.454. The largest absolute Gasteiger partial charge is 0.491 e. The summed E-state index contributed by atoms with van der Waals surface area (Å²) in [6, 6.07) is 10.6. The molecule has 0 bridgehead atoms. The Morgan fingerprint density at radius 1 is 1.19 bits per heavy atom. The summed E-state index contributed by atoms with van der Waals surface area (Å²) in [6.45, 7) is 6.50. The molecule has 0 atom stereocenters. The molecule has 0 saturated heterocycles. The molecule has 2 N–H and O–H groups in total. The van der Waals surface area contributed by atoms with Crippen molar-refractivity contribution in [3.63, 3.8) is 0 Å². The van der Waals surface area contributed by atoms with E-state index in [2.05, 4.69) is 22.2 Å². The van der Waals surface area contributed by atoms with Crippen molar-refractivity contribution in [2.75, 3.05) is 38.0 Å². The molecule has 0 aliphatic rings. The van der Waals surface area contributed by atoms with Crippen LogP contribution in [-0.4, -0.2) is 33.6 Å². The molecule has 0 spiro atoms. The molecule has 0 aromatic heterocycles. The molecule has 0 aliphatic heterocycles. The highest BCUT2D eigenvalue weighted by molar-refractivity contribution is 5.83. The smallest absolute Gasteiger partial charge is 0.138 e. The molecule has 0 radical (unpaired) electrons. The van der Waals surface area contributed by atoms with Crippen LogP contribution in [0.15, 0.2) is 48.0 Å². The standard InChI is InChI=1S/C20H24FN3O2/c1-5-23-19-13-17(26-11-10-25-4)12-18(21)20(19)14(2)24-16-8-6-15(22-3)7-9-16/h5-9,12-13,22,24H,2,10-11H2,1,3-4H3. The summed E-state index contributed by atoms with van der Waals surface area (Å²) in [5.41, 5.74) is 2.97. The lowest BCUT2D eigenvalue weighted by molar-refractivity contribution is 0.146. The van der Waals surface area contributed by atoms with E-state index in [-0.39, 0.29) is 0 Å². The number of anilines is 2. The normalized spacial score (nSPS) is 10.8. The predicted molar refractivity (Wildman–Crippen MR) is 106 cm³/mol. The van der Waals surface area contributed by atoms with Crippen LogP contribution in [0.25, 0.3) is 5.70 Å². The summed E-state index contributed by atoms with van der Waals surface area (Å²) in [5, 5.41) is 6.17. The number of nitrogens with zero attached hydrogens (tertiary/aromatic N) is 1. The number of hydrogen-bond acceptors (Lipinski definition) is 5. The number of aliphatic imine (C=N–C) groups is 1. The minimum Gasteiger partial charge on any atom is -0.491 e. The Labute approximate surface area is 153 Å². The average molecular weight is 357 g/mol. The molecular weight excluding hydrogens is 333 g/mol. The Bertz CT molecular complexity index is 773. The molecule has 6 heteroatoms. The van der Waals surface area contributed by atoms with Crippen molar-refractivity contribution in [2.24, 2.45) is 4.99 Å². The lowest BCUT2D eigenvalue weighted by atomic mass is 10.1. The number of methoxy groups -OCH3 is 1. The van der Waals surface area contributed by atoms with Crippen LogP contribution >= 0.6 is 0 Å². The zero-order valence-electron chi connectivity index (χ0n) is 15.3. The SMILES string of the molecule is C=C(Nc1ccc(NC)cc1)c1c(F)cc(OCCOC)cc1N=CC. The van der Waals surface area contributed by atoms with Gasteiger partial charge in [0.15, 0.2) is 0 Å². The van der Waals surface area contributed by atoms with Gasteiger partial charge in [0.1, 0.15) is 18.2 Å². The van der Waals surface area contributed by atoms with E-state index in [1.807, 2.05) is 31.3 Å². The van der Waals surface area contributed by atoms with Crippen LogP contribution in [0.5, 0.6) is 5.75 Å². The van der Waals surface area contributed by atoms with Crippen molar-refractivity contribution >= 4 is 29.0 Å². The number of hydrogen-bond donors (Lipinski definition) is 2. The van der Waals surface area contributed by atoms with Crippen LogP contribution in [0.1, 0.15) is 12.5 Å². The molecule has 0 heterocycles. The van der Waals surface area contributed by atoms with Gasteiger partial charge in [-0.3, -0.25) is 4.99 Å². The van der Waals surface area contributed by atoms with Gasteiger partial charge in [0.25, 0.3) is 0 Å². The van der Waals surface area contributed by atoms with E-state index >= 15 is 0 Å². The van der Waals surface area contributed by atoms with Gasteiger partial charge in [-0.15, -0.1) is 0 Å². The molecule has 0 aliphatic carbocycles. The van der Waals surface area contributed by atoms with Gasteiger partial charge in [0.05, 0.1) is 17.9 Å². The maximum absolute atomic E-state index is 14.7. The third-order valence-electron chi connectivity index (χ3n) is 3.64. The van der Waals surface area contributed by atoms with Crippen molar-refractivity contribution < 1.29 is 13.9 Å². The maximum atomic E-state index is 14.7. The van der Waals surface area contributed by atoms with Gasteiger partial charge >= 0.3 is 0 Å². The second-order valence-electron chi connectivity index (χ2n) is 5.46. The van der Waals surface area contributed by atoms with Crippen molar-refractivity contribution in [2.45, 2.75) is 6.92 Å². The van der Waals surface area contributed by atoms with Gasteiger partial charge in [-0.2, -0.15) is 0 Å². The molecule has 2 aromatic carbocycles. The van der Waals surface area contributed by atoms with Gasteiger partial charge in [-0.25, -0.2) is 4.39 Å². The fourth-order valence-electron chi connectivity index (χ4n) is 2.39. The van der Waals surface area contributed by atoms with Gasteiger partial charge in [-0.1, -0.05) is 6.58 Å². The fraction of sp³-hybridized carbons (Fsp3) is 0.250. The van der Waals surface area contributed by atoms with Gasteiger partial charge in [0.2, 0.25) is 0 Å². The first-order chi connectivity index (χ1) is 12.6. The Balaban J connectivity index is 2.26. The van der Waals surface area contributed by atoms with Crippen LogP contribution in [0.4, 0.5) is 21.5 Å². The summed E-state index contributed by atoms with van der Waals surface area (Å²) in [5.74, 6) is -0.0556. The van der Waals surface area contributed by atoms with Crippen LogP contribution in [0.2, 0.25) is 0 Å². The quantitative estimate of drug-likeness (QED) is 0.505. The topological polar surface area (TPSA) is 54.9 Å². The number of ether oxygens (including phenoxy) is 2. The summed E-state index contributed by atoms with van der Waals surface area (Å²) in [6.07, 6.45) is 1.60. The lowest BCUT2D eigenvalue weighted by Gasteiger charge is -2.15. The molecule has 5 nitrogen and oxygen atoms in total. The average Bonchev–Trinajstić information content (AvgIpc) is 2.62. The van der Waals surface area contributed by atoms with Crippen molar-refractivity contribution in [3.05, 3.63) is 54.4 Å². The maximum Gasteiger partial charge on any atom is 0.138 e. The van der Waals surface area contributed by atoms with E-state index in [1.54, 1.807) is 26.3 Å². The van der Waals surface area contributed by atoms with Crippen molar-refractivity contribution in [3.8, 4) is 5.75 Å². The summed E-state index contributed by atoms with van der Waals surface area (Å²) in [7, 11) is 3.43. The third kappa shape index (κ3) is 5.07. The first kappa shape index (κ1) is 19.5. The van der Waals surface area contributed by atoms with E-state index in [1.165, 1.54) is 6.07 Å². The summed E-state index contributed by atoms with van der Waals surface area (Å²) in [4.78, 5) is 4.26. The fourth-order valence-corrected chi connectivity index (χ4v) is 2.39. The van der Waals surface area contributed by atoms with Crippen LogP contribution < -0.4 is 15.4 Å². The third-order valence-corrected chi connectivity index (χ3v) is 3.64. The zero-order chi connectivity index (χ0) is 18.9. The van der Waals surface area contributed by atoms with Gasteiger partial charge < -0.3 is 20.1 Å². The molecule has 2 aromatic rings. The molecule has 0 saturated carbocycles. The van der Waals surface area contributed by atoms with Gasteiger partial charge in [0, 0.05) is 49.6 Å². The monoisotopic (exact) mass is 357 g/mol. The first-order valence-corrected chi connectivity index (χ1v) is 8.27. The second kappa shape index (κ2) is 9.58.